The molecule has 0 spiro atoms. The van der Waals surface area contributed by atoms with Crippen LogP contribution in [0.25, 0.3) is 0 Å². The number of rotatable bonds is 4. The predicted molar refractivity (Wildman–Crippen MR) is 82.3 cm³/mol. The quantitative estimate of drug-likeness (QED) is 0.848. The molecule has 0 radical (unpaired) electrons. The molecule has 1 N–H and O–H groups in total. The van der Waals surface area contributed by atoms with Gasteiger partial charge in [-0.15, -0.1) is 0 Å². The van der Waals surface area contributed by atoms with Crippen molar-refractivity contribution in [2.45, 2.75) is 6.92 Å². The molecule has 0 saturated heterocycles. The second-order valence-corrected chi connectivity index (χ2v) is 5.42. The van der Waals surface area contributed by atoms with Crippen LogP contribution in [-0.2, 0) is 4.79 Å². The van der Waals surface area contributed by atoms with Crippen molar-refractivity contribution in [1.82, 2.24) is 4.98 Å². The number of aromatic nitrogens is 1. The van der Waals surface area contributed by atoms with E-state index in [2.05, 4.69) is 26.2 Å². The Morgan fingerprint density at radius 3 is 2.85 bits per heavy atom. The van der Waals surface area contributed by atoms with Crippen LogP contribution >= 0.6 is 27.5 Å². The van der Waals surface area contributed by atoms with Crippen molar-refractivity contribution in [2.75, 3.05) is 11.9 Å². The van der Waals surface area contributed by atoms with Crippen LogP contribution in [0, 0.1) is 6.92 Å². The van der Waals surface area contributed by atoms with Gasteiger partial charge < -0.3 is 10.1 Å². The number of hydrogen-bond donors (Lipinski definition) is 1. The fourth-order valence-corrected chi connectivity index (χ4v) is 2.15. The zero-order valence-corrected chi connectivity index (χ0v) is 13.0. The molecule has 0 aliphatic heterocycles. The van der Waals surface area contributed by atoms with Crippen LogP contribution in [0.2, 0.25) is 5.15 Å². The molecule has 2 aromatic rings. The highest BCUT2D eigenvalue weighted by atomic mass is 79.9. The monoisotopic (exact) mass is 354 g/mol. The highest BCUT2D eigenvalue weighted by Gasteiger charge is 2.06. The van der Waals surface area contributed by atoms with Crippen LogP contribution < -0.4 is 10.1 Å². The first-order valence-corrected chi connectivity index (χ1v) is 7.02. The van der Waals surface area contributed by atoms with E-state index in [0.29, 0.717) is 16.6 Å². The Bertz CT molecular complexity index is 617. The van der Waals surface area contributed by atoms with Crippen molar-refractivity contribution in [2.24, 2.45) is 0 Å². The Morgan fingerprint density at radius 1 is 1.40 bits per heavy atom. The minimum absolute atomic E-state index is 0.0644. The molecule has 4 nitrogen and oxygen atoms in total. The van der Waals surface area contributed by atoms with Gasteiger partial charge in [-0.2, -0.15) is 0 Å². The van der Waals surface area contributed by atoms with Crippen molar-refractivity contribution in [3.63, 3.8) is 0 Å². The second kappa shape index (κ2) is 6.72. The Hall–Kier alpha value is -1.59. The maximum Gasteiger partial charge on any atom is 0.262 e. The van der Waals surface area contributed by atoms with Crippen LogP contribution in [0.1, 0.15) is 5.56 Å². The average Bonchev–Trinajstić information content (AvgIpc) is 2.40. The molecule has 1 amide bonds. The zero-order valence-electron chi connectivity index (χ0n) is 10.7. The molecule has 0 unspecified atom stereocenters. The molecule has 0 bridgehead atoms. The Morgan fingerprint density at radius 2 is 2.20 bits per heavy atom. The molecule has 20 heavy (non-hydrogen) atoms. The van der Waals surface area contributed by atoms with E-state index >= 15 is 0 Å². The van der Waals surface area contributed by atoms with E-state index in [-0.39, 0.29) is 12.5 Å². The van der Waals surface area contributed by atoms with Crippen molar-refractivity contribution >= 4 is 39.1 Å². The Labute approximate surface area is 130 Å². The number of pyridine rings is 1. The number of carbonyl (C=O) groups excluding carboxylic acids is 1. The average molecular weight is 356 g/mol. The number of nitrogens with zero attached hydrogens (tertiary/aromatic N) is 1. The summed E-state index contributed by atoms with van der Waals surface area (Å²) in [5.41, 5.74) is 1.54. The fourth-order valence-electron chi connectivity index (χ4n) is 1.56. The normalized spacial score (nSPS) is 10.2. The third-order valence-electron chi connectivity index (χ3n) is 2.51. The van der Waals surface area contributed by atoms with Gasteiger partial charge in [-0.05, 0) is 42.8 Å². The first-order valence-electron chi connectivity index (χ1n) is 5.85. The summed E-state index contributed by atoms with van der Waals surface area (Å²) in [6.45, 7) is 1.85. The van der Waals surface area contributed by atoms with Crippen LogP contribution in [0.5, 0.6) is 5.75 Å². The molecular formula is C14H12BrClN2O2. The lowest BCUT2D eigenvalue weighted by Gasteiger charge is -2.09. The highest BCUT2D eigenvalue weighted by Crippen LogP contribution is 2.22. The SMILES string of the molecule is Cc1cc(Br)ccc1OCC(=O)Nc1ccc(Cl)nc1. The van der Waals surface area contributed by atoms with Crippen LogP contribution in [-0.4, -0.2) is 17.5 Å². The number of nitrogens with one attached hydrogen (secondary N) is 1. The second-order valence-electron chi connectivity index (χ2n) is 4.12. The number of ether oxygens (including phenoxy) is 1. The van der Waals surface area contributed by atoms with Crippen molar-refractivity contribution in [3.8, 4) is 5.75 Å². The van der Waals surface area contributed by atoms with Gasteiger partial charge in [0.15, 0.2) is 6.61 Å². The third kappa shape index (κ3) is 4.21. The van der Waals surface area contributed by atoms with E-state index in [1.807, 2.05) is 25.1 Å². The van der Waals surface area contributed by atoms with Crippen molar-refractivity contribution in [1.29, 1.82) is 0 Å². The van der Waals surface area contributed by atoms with Gasteiger partial charge in [0, 0.05) is 4.47 Å². The third-order valence-corrected chi connectivity index (χ3v) is 3.22. The number of aryl methyl sites for hydroxylation is 1. The minimum atomic E-state index is -0.253. The van der Waals surface area contributed by atoms with E-state index < -0.39 is 0 Å². The van der Waals surface area contributed by atoms with E-state index in [9.17, 15) is 4.79 Å². The maximum atomic E-state index is 11.7. The van der Waals surface area contributed by atoms with Crippen molar-refractivity contribution < 1.29 is 9.53 Å². The van der Waals surface area contributed by atoms with Gasteiger partial charge in [0.1, 0.15) is 10.9 Å². The first kappa shape index (κ1) is 14.8. The summed E-state index contributed by atoms with van der Waals surface area (Å²) in [5.74, 6) is 0.425. The van der Waals surface area contributed by atoms with Gasteiger partial charge in [0.25, 0.3) is 5.91 Å². The maximum absolute atomic E-state index is 11.7. The van der Waals surface area contributed by atoms with Crippen LogP contribution in [0.3, 0.4) is 0 Å². The van der Waals surface area contributed by atoms with Gasteiger partial charge in [-0.3, -0.25) is 4.79 Å². The molecule has 2 rings (SSSR count). The highest BCUT2D eigenvalue weighted by molar-refractivity contribution is 9.10. The summed E-state index contributed by atoms with van der Waals surface area (Å²) in [5, 5.41) is 3.06. The largest absolute Gasteiger partial charge is 0.483 e. The molecule has 0 aliphatic carbocycles. The van der Waals surface area contributed by atoms with E-state index in [0.717, 1.165) is 10.0 Å². The Kier molecular flexibility index (Phi) is 4.98. The lowest BCUT2D eigenvalue weighted by atomic mass is 10.2. The smallest absolute Gasteiger partial charge is 0.262 e. The van der Waals surface area contributed by atoms with Crippen molar-refractivity contribution in [3.05, 3.63) is 51.7 Å². The van der Waals surface area contributed by atoms with Crippen LogP contribution in [0.15, 0.2) is 41.0 Å². The summed E-state index contributed by atoms with van der Waals surface area (Å²) in [4.78, 5) is 15.6. The van der Waals surface area contributed by atoms with Gasteiger partial charge in [0.05, 0.1) is 11.9 Å². The molecule has 1 heterocycles. The molecular weight excluding hydrogens is 344 g/mol. The predicted octanol–water partition coefficient (Wildman–Crippen LogP) is 3.82. The number of carbonyl (C=O) groups is 1. The summed E-state index contributed by atoms with van der Waals surface area (Å²) in [7, 11) is 0. The summed E-state index contributed by atoms with van der Waals surface area (Å²) < 4.78 is 6.44. The zero-order chi connectivity index (χ0) is 14.5. The lowest BCUT2D eigenvalue weighted by Crippen LogP contribution is -2.20. The molecule has 104 valence electrons. The standard InChI is InChI=1S/C14H12BrClN2O2/c1-9-6-10(15)2-4-12(9)20-8-14(19)18-11-3-5-13(16)17-7-11/h2-7H,8H2,1H3,(H,18,19). The van der Waals surface area contributed by atoms with E-state index in [1.54, 1.807) is 12.1 Å². The topological polar surface area (TPSA) is 51.2 Å². The summed E-state index contributed by atoms with van der Waals surface area (Å²) in [6, 6.07) is 8.89. The molecule has 1 aromatic carbocycles. The number of hydrogen-bond acceptors (Lipinski definition) is 3. The molecule has 0 saturated carbocycles. The molecule has 1 aromatic heterocycles. The first-order chi connectivity index (χ1) is 9.54. The minimum Gasteiger partial charge on any atom is -0.483 e. The van der Waals surface area contributed by atoms with Gasteiger partial charge in [0.2, 0.25) is 0 Å². The number of halogens is 2. The number of anilines is 1. The molecule has 0 atom stereocenters. The number of benzene rings is 1. The summed E-state index contributed by atoms with van der Waals surface area (Å²) in [6.07, 6.45) is 1.49. The Balaban J connectivity index is 1.90. The van der Waals surface area contributed by atoms with Crippen LogP contribution in [0.4, 0.5) is 5.69 Å². The number of amides is 1. The van der Waals surface area contributed by atoms with Gasteiger partial charge >= 0.3 is 0 Å². The fraction of sp³-hybridized carbons (Fsp3) is 0.143. The summed E-state index contributed by atoms with van der Waals surface area (Å²) >= 11 is 9.04. The molecule has 6 heteroatoms. The van der Waals surface area contributed by atoms with Gasteiger partial charge in [-0.1, -0.05) is 27.5 Å². The van der Waals surface area contributed by atoms with E-state index in [4.69, 9.17) is 16.3 Å². The molecule has 0 aliphatic rings. The molecule has 0 fully saturated rings. The van der Waals surface area contributed by atoms with Gasteiger partial charge in [-0.25, -0.2) is 4.98 Å². The lowest BCUT2D eigenvalue weighted by molar-refractivity contribution is -0.118. The van der Waals surface area contributed by atoms with E-state index in [1.165, 1.54) is 6.20 Å².